The van der Waals surface area contributed by atoms with Crippen LogP contribution in [0.5, 0.6) is 5.75 Å². The van der Waals surface area contributed by atoms with E-state index in [9.17, 15) is 13.6 Å². The molecule has 1 amide bonds. The van der Waals surface area contributed by atoms with E-state index in [1.54, 1.807) is 4.90 Å². The van der Waals surface area contributed by atoms with Gasteiger partial charge >= 0.3 is 0 Å². The minimum Gasteiger partial charge on any atom is -0.479 e. The van der Waals surface area contributed by atoms with Gasteiger partial charge in [-0.2, -0.15) is 0 Å². The number of nitrogens with zero attached hydrogens (tertiary/aromatic N) is 2. The molecule has 0 spiro atoms. The molecular formula is C21H17ClF2N2O3. The molecule has 0 bridgehead atoms. The SMILES string of the molecule is O=C(c1cc(COc2c(F)cccc2F)on1)N1CCC(c2cccc(Cl)c2)C1. The first kappa shape index (κ1) is 19.4. The molecule has 2 heterocycles. The molecule has 0 N–H and O–H groups in total. The van der Waals surface area contributed by atoms with Crippen LogP contribution in [0.15, 0.2) is 53.1 Å². The second-order valence-corrected chi connectivity index (χ2v) is 7.25. The van der Waals surface area contributed by atoms with E-state index in [2.05, 4.69) is 5.16 Å². The molecule has 1 aromatic heterocycles. The Kier molecular flexibility index (Phi) is 5.49. The number of aromatic nitrogens is 1. The largest absolute Gasteiger partial charge is 0.479 e. The fourth-order valence-electron chi connectivity index (χ4n) is 3.38. The third-order valence-corrected chi connectivity index (χ3v) is 5.09. The molecule has 4 rings (SSSR count). The van der Waals surface area contributed by atoms with Crippen LogP contribution in [0.25, 0.3) is 0 Å². The number of para-hydroxylation sites is 1. The van der Waals surface area contributed by atoms with E-state index in [0.717, 1.165) is 24.1 Å². The van der Waals surface area contributed by atoms with Gasteiger partial charge in [0.2, 0.25) is 0 Å². The van der Waals surface area contributed by atoms with Gasteiger partial charge in [0.15, 0.2) is 28.8 Å². The Morgan fingerprint density at radius 1 is 1.21 bits per heavy atom. The van der Waals surface area contributed by atoms with E-state index >= 15 is 0 Å². The highest BCUT2D eigenvalue weighted by Crippen LogP contribution is 2.29. The topological polar surface area (TPSA) is 55.6 Å². The maximum absolute atomic E-state index is 13.6. The van der Waals surface area contributed by atoms with Crippen LogP contribution >= 0.6 is 11.6 Å². The molecule has 29 heavy (non-hydrogen) atoms. The predicted molar refractivity (Wildman–Crippen MR) is 102 cm³/mol. The molecule has 5 nitrogen and oxygen atoms in total. The summed E-state index contributed by atoms with van der Waals surface area (Å²) in [7, 11) is 0. The summed E-state index contributed by atoms with van der Waals surface area (Å²) in [6.07, 6.45) is 0.826. The highest BCUT2D eigenvalue weighted by Gasteiger charge is 2.29. The van der Waals surface area contributed by atoms with Crippen molar-refractivity contribution in [1.29, 1.82) is 0 Å². The Hall–Kier alpha value is -2.93. The minimum atomic E-state index is -0.815. The van der Waals surface area contributed by atoms with Crippen LogP contribution in [0, 0.1) is 11.6 Å². The second kappa shape index (κ2) is 8.21. The lowest BCUT2D eigenvalue weighted by Gasteiger charge is -2.15. The van der Waals surface area contributed by atoms with E-state index in [1.165, 1.54) is 12.1 Å². The van der Waals surface area contributed by atoms with Gasteiger partial charge in [0.05, 0.1) is 0 Å². The zero-order chi connectivity index (χ0) is 20.4. The van der Waals surface area contributed by atoms with Gasteiger partial charge in [-0.1, -0.05) is 35.0 Å². The van der Waals surface area contributed by atoms with Crippen LogP contribution in [-0.2, 0) is 6.61 Å². The van der Waals surface area contributed by atoms with Crippen molar-refractivity contribution >= 4 is 17.5 Å². The van der Waals surface area contributed by atoms with Crippen molar-refractivity contribution in [2.75, 3.05) is 13.1 Å². The van der Waals surface area contributed by atoms with Gasteiger partial charge in [0, 0.05) is 30.1 Å². The summed E-state index contributed by atoms with van der Waals surface area (Å²) in [6.45, 7) is 0.900. The van der Waals surface area contributed by atoms with Gasteiger partial charge in [0.1, 0.15) is 6.61 Å². The van der Waals surface area contributed by atoms with Gasteiger partial charge in [0.25, 0.3) is 5.91 Å². The maximum atomic E-state index is 13.6. The standard InChI is InChI=1S/C21H17ClF2N2O3/c22-15-4-1-3-13(9-15)14-7-8-26(11-14)21(27)19-10-16(29-25-19)12-28-20-17(23)5-2-6-18(20)24/h1-6,9-10,14H,7-8,11-12H2. The van der Waals surface area contributed by atoms with Crippen molar-refractivity contribution in [3.8, 4) is 5.75 Å². The number of likely N-dealkylation sites (tertiary alicyclic amines) is 1. The Bertz CT molecular complexity index is 1020. The first-order chi connectivity index (χ1) is 14.0. The third-order valence-electron chi connectivity index (χ3n) is 4.85. The lowest BCUT2D eigenvalue weighted by molar-refractivity contribution is 0.0780. The summed E-state index contributed by atoms with van der Waals surface area (Å²) < 4.78 is 37.5. The molecular weight excluding hydrogens is 402 g/mol. The van der Waals surface area contributed by atoms with Gasteiger partial charge in [-0.3, -0.25) is 4.79 Å². The van der Waals surface area contributed by atoms with Crippen LogP contribution in [0.4, 0.5) is 8.78 Å². The van der Waals surface area contributed by atoms with Gasteiger partial charge in [-0.25, -0.2) is 8.78 Å². The van der Waals surface area contributed by atoms with Crippen molar-refractivity contribution < 1.29 is 22.8 Å². The number of carbonyl (C=O) groups excluding carboxylic acids is 1. The number of hydrogen-bond acceptors (Lipinski definition) is 4. The summed E-state index contributed by atoms with van der Waals surface area (Å²) in [5.41, 5.74) is 1.22. The maximum Gasteiger partial charge on any atom is 0.276 e. The molecule has 1 atom stereocenters. The van der Waals surface area contributed by atoms with Crippen molar-refractivity contribution in [1.82, 2.24) is 10.1 Å². The first-order valence-corrected chi connectivity index (χ1v) is 9.46. The Balaban J connectivity index is 1.39. The molecule has 0 radical (unpaired) electrons. The van der Waals surface area contributed by atoms with Gasteiger partial charge in [-0.05, 0) is 36.2 Å². The number of rotatable bonds is 5. The third kappa shape index (κ3) is 4.24. The normalized spacial score (nSPS) is 16.2. The summed E-state index contributed by atoms with van der Waals surface area (Å²) >= 11 is 6.05. The van der Waals surface area contributed by atoms with Crippen LogP contribution in [0.3, 0.4) is 0 Å². The average molecular weight is 419 g/mol. The molecule has 0 saturated carbocycles. The van der Waals surface area contributed by atoms with Crippen molar-refractivity contribution in [2.45, 2.75) is 18.9 Å². The van der Waals surface area contributed by atoms with Crippen LogP contribution in [0.1, 0.15) is 34.2 Å². The lowest BCUT2D eigenvalue weighted by atomic mass is 9.99. The molecule has 1 unspecified atom stereocenters. The fourth-order valence-corrected chi connectivity index (χ4v) is 3.58. The number of halogens is 3. The zero-order valence-electron chi connectivity index (χ0n) is 15.3. The number of hydrogen-bond donors (Lipinski definition) is 0. The Labute approximate surface area is 170 Å². The molecule has 150 valence electrons. The average Bonchev–Trinajstić information content (AvgIpc) is 3.37. The second-order valence-electron chi connectivity index (χ2n) is 6.81. The van der Waals surface area contributed by atoms with Crippen molar-refractivity contribution in [3.63, 3.8) is 0 Å². The van der Waals surface area contributed by atoms with Crippen molar-refractivity contribution in [2.24, 2.45) is 0 Å². The van der Waals surface area contributed by atoms with Gasteiger partial charge in [-0.15, -0.1) is 0 Å². The van der Waals surface area contributed by atoms with Crippen LogP contribution in [0.2, 0.25) is 5.02 Å². The molecule has 1 aliphatic rings. The van der Waals surface area contributed by atoms with Crippen LogP contribution < -0.4 is 4.74 Å². The highest BCUT2D eigenvalue weighted by molar-refractivity contribution is 6.30. The Morgan fingerprint density at radius 2 is 1.97 bits per heavy atom. The number of amides is 1. The zero-order valence-corrected chi connectivity index (χ0v) is 16.0. The Morgan fingerprint density at radius 3 is 2.72 bits per heavy atom. The van der Waals surface area contributed by atoms with E-state index < -0.39 is 17.4 Å². The quantitative estimate of drug-likeness (QED) is 0.596. The minimum absolute atomic E-state index is 0.129. The molecule has 1 saturated heterocycles. The summed E-state index contributed by atoms with van der Waals surface area (Å²) in [5, 5.41) is 4.44. The predicted octanol–water partition coefficient (Wildman–Crippen LogP) is 4.81. The molecule has 3 aromatic rings. The first-order valence-electron chi connectivity index (χ1n) is 9.08. The molecule has 0 aliphatic carbocycles. The highest BCUT2D eigenvalue weighted by atomic mass is 35.5. The lowest BCUT2D eigenvalue weighted by Crippen LogP contribution is -2.28. The number of carbonyl (C=O) groups is 1. The van der Waals surface area contributed by atoms with E-state index in [4.69, 9.17) is 20.9 Å². The van der Waals surface area contributed by atoms with Gasteiger partial charge < -0.3 is 14.2 Å². The summed E-state index contributed by atoms with van der Waals surface area (Å²) in [5.74, 6) is -1.99. The molecule has 1 fully saturated rings. The van der Waals surface area contributed by atoms with E-state index in [-0.39, 0.29) is 29.9 Å². The van der Waals surface area contributed by atoms with Crippen molar-refractivity contribution in [3.05, 3.63) is 82.2 Å². The smallest absolute Gasteiger partial charge is 0.276 e. The number of benzene rings is 2. The molecule has 8 heteroatoms. The van der Waals surface area contributed by atoms with E-state index in [1.807, 2.05) is 24.3 Å². The number of ether oxygens (including phenoxy) is 1. The summed E-state index contributed by atoms with van der Waals surface area (Å²) in [4.78, 5) is 14.4. The summed E-state index contributed by atoms with van der Waals surface area (Å²) in [6, 6.07) is 12.5. The fraction of sp³-hybridized carbons (Fsp3) is 0.238. The van der Waals surface area contributed by atoms with Crippen LogP contribution in [-0.4, -0.2) is 29.1 Å². The monoisotopic (exact) mass is 418 g/mol. The molecule has 2 aromatic carbocycles. The van der Waals surface area contributed by atoms with E-state index in [0.29, 0.717) is 18.1 Å². The molecule has 1 aliphatic heterocycles.